The summed E-state index contributed by atoms with van der Waals surface area (Å²) in [6.45, 7) is 1.59. The molecule has 6 nitrogen and oxygen atoms in total. The van der Waals surface area contributed by atoms with Crippen LogP contribution in [0.1, 0.15) is 43.2 Å². The van der Waals surface area contributed by atoms with Gasteiger partial charge in [0, 0.05) is 16.8 Å². The van der Waals surface area contributed by atoms with Crippen LogP contribution in [-0.4, -0.2) is 27.8 Å². The van der Waals surface area contributed by atoms with Crippen LogP contribution in [0.15, 0.2) is 78.9 Å². The number of benzene rings is 3. The van der Waals surface area contributed by atoms with Crippen LogP contribution >= 0.6 is 0 Å². The first-order valence-corrected chi connectivity index (χ1v) is 10.7. The number of H-pyrrole nitrogens is 1. The van der Waals surface area contributed by atoms with E-state index in [2.05, 4.69) is 10.3 Å². The molecule has 1 amide bonds. The second-order valence-corrected chi connectivity index (χ2v) is 8.05. The molecule has 4 aromatic rings. The highest BCUT2D eigenvalue weighted by Gasteiger charge is 2.28. The van der Waals surface area contributed by atoms with Crippen molar-refractivity contribution in [3.63, 3.8) is 0 Å². The topological polar surface area (TPSA) is 99.3 Å². The smallest absolute Gasteiger partial charge is 0.352 e. The minimum atomic E-state index is -1.17. The molecule has 0 spiro atoms. The van der Waals surface area contributed by atoms with Crippen LogP contribution in [0.3, 0.4) is 0 Å². The van der Waals surface area contributed by atoms with Crippen LogP contribution in [0.2, 0.25) is 0 Å². The van der Waals surface area contributed by atoms with Gasteiger partial charge in [-0.15, -0.1) is 0 Å². The monoisotopic (exact) mass is 448 g/mol. The summed E-state index contributed by atoms with van der Waals surface area (Å²) in [4.78, 5) is 40.8. The summed E-state index contributed by atoms with van der Waals surface area (Å²) >= 11 is 0. The van der Waals surface area contributed by atoms with E-state index in [1.807, 2.05) is 48.5 Å². The first-order chi connectivity index (χ1) is 16.4. The number of ketones is 1. The van der Waals surface area contributed by atoms with Crippen molar-refractivity contribution < 1.29 is 19.5 Å². The lowest BCUT2D eigenvalue weighted by molar-refractivity contribution is -0.110. The number of aromatic carboxylic acids is 1. The molecule has 1 aliphatic heterocycles. The summed E-state index contributed by atoms with van der Waals surface area (Å²) in [6, 6.07) is 24.2. The molecule has 0 bridgehead atoms. The Morgan fingerprint density at radius 3 is 2.24 bits per heavy atom. The standard InChI is InChI=1S/C28H20N2O4/c1-16-24(26(31)18-10-6-3-7-11-18)23(29-25(16)28(33)34)15-21-20-13-12-19(14-22(20)30-27(21)32)17-8-4-2-5-9-17/h2-15,29H,1H3,(H,30,32)(H,33,34). The van der Waals surface area contributed by atoms with Crippen LogP contribution in [0.25, 0.3) is 22.8 Å². The number of hydrogen-bond acceptors (Lipinski definition) is 3. The zero-order valence-electron chi connectivity index (χ0n) is 18.3. The number of fused-ring (bicyclic) bond motifs is 1. The minimum absolute atomic E-state index is 0.0795. The number of amides is 1. The number of nitrogens with one attached hydrogen (secondary N) is 2. The number of carbonyl (C=O) groups is 3. The van der Waals surface area contributed by atoms with E-state index in [0.29, 0.717) is 28.0 Å². The maximum absolute atomic E-state index is 13.3. The molecule has 5 rings (SSSR count). The fourth-order valence-electron chi connectivity index (χ4n) is 4.26. The van der Waals surface area contributed by atoms with E-state index in [0.717, 1.165) is 11.1 Å². The SMILES string of the molecule is Cc1c(C(=O)O)[nH]c(C=C2C(=O)Nc3cc(-c4ccccc4)ccc32)c1C(=O)c1ccccc1. The summed E-state index contributed by atoms with van der Waals surface area (Å²) in [5.41, 5.74) is 4.90. The molecule has 0 radical (unpaired) electrons. The summed E-state index contributed by atoms with van der Waals surface area (Å²) < 4.78 is 0. The van der Waals surface area contributed by atoms with Gasteiger partial charge in [0.2, 0.25) is 0 Å². The van der Waals surface area contributed by atoms with Gasteiger partial charge in [0.15, 0.2) is 5.78 Å². The Bertz CT molecular complexity index is 1480. The average molecular weight is 448 g/mol. The van der Waals surface area contributed by atoms with Gasteiger partial charge < -0.3 is 15.4 Å². The van der Waals surface area contributed by atoms with Gasteiger partial charge in [0.25, 0.3) is 5.91 Å². The van der Waals surface area contributed by atoms with Crippen molar-refractivity contribution in [2.45, 2.75) is 6.92 Å². The highest BCUT2D eigenvalue weighted by Crippen LogP contribution is 2.37. The Labute approximate surface area is 195 Å². The van der Waals surface area contributed by atoms with E-state index in [1.165, 1.54) is 0 Å². The number of hydrogen-bond donors (Lipinski definition) is 3. The molecule has 1 aromatic heterocycles. The van der Waals surface area contributed by atoms with Gasteiger partial charge in [-0.05, 0) is 35.8 Å². The maximum Gasteiger partial charge on any atom is 0.352 e. The highest BCUT2D eigenvalue weighted by molar-refractivity contribution is 6.35. The van der Waals surface area contributed by atoms with Crippen molar-refractivity contribution in [1.82, 2.24) is 4.98 Å². The lowest BCUT2D eigenvalue weighted by atomic mass is 9.96. The molecule has 0 aliphatic carbocycles. The number of carbonyl (C=O) groups excluding carboxylic acids is 2. The van der Waals surface area contributed by atoms with Gasteiger partial charge in [0.1, 0.15) is 5.69 Å². The molecule has 0 saturated heterocycles. The van der Waals surface area contributed by atoms with Gasteiger partial charge >= 0.3 is 5.97 Å². The largest absolute Gasteiger partial charge is 0.477 e. The quantitative estimate of drug-likeness (QED) is 0.281. The van der Waals surface area contributed by atoms with Gasteiger partial charge in [-0.25, -0.2) is 4.79 Å². The predicted molar refractivity (Wildman–Crippen MR) is 131 cm³/mol. The molecule has 0 unspecified atom stereocenters. The van der Waals surface area contributed by atoms with Crippen molar-refractivity contribution in [2.75, 3.05) is 5.32 Å². The lowest BCUT2D eigenvalue weighted by Crippen LogP contribution is -2.06. The van der Waals surface area contributed by atoms with E-state index in [9.17, 15) is 19.5 Å². The molecule has 3 N–H and O–H groups in total. The molecule has 3 aromatic carbocycles. The van der Waals surface area contributed by atoms with E-state index >= 15 is 0 Å². The molecule has 34 heavy (non-hydrogen) atoms. The zero-order valence-corrected chi connectivity index (χ0v) is 18.3. The van der Waals surface area contributed by atoms with Crippen molar-refractivity contribution >= 4 is 35.0 Å². The van der Waals surface area contributed by atoms with Gasteiger partial charge in [-0.1, -0.05) is 72.8 Å². The number of carboxylic acid groups (broad SMARTS) is 1. The zero-order chi connectivity index (χ0) is 23.8. The Morgan fingerprint density at radius 1 is 0.882 bits per heavy atom. The van der Waals surface area contributed by atoms with Crippen molar-refractivity contribution in [3.05, 3.63) is 113 Å². The third-order valence-electron chi connectivity index (χ3n) is 5.95. The van der Waals surface area contributed by atoms with E-state index in [1.54, 1.807) is 43.3 Å². The van der Waals surface area contributed by atoms with Crippen LogP contribution in [0.4, 0.5) is 5.69 Å². The first-order valence-electron chi connectivity index (χ1n) is 10.7. The lowest BCUT2D eigenvalue weighted by Gasteiger charge is -2.05. The second-order valence-electron chi connectivity index (χ2n) is 8.05. The van der Waals surface area contributed by atoms with Crippen molar-refractivity contribution in [2.24, 2.45) is 0 Å². The van der Waals surface area contributed by atoms with E-state index < -0.39 is 5.97 Å². The first kappa shape index (κ1) is 21.2. The molecular formula is C28H20N2O4. The molecule has 166 valence electrons. The second kappa shape index (κ2) is 8.33. The summed E-state index contributed by atoms with van der Waals surface area (Å²) in [7, 11) is 0. The Hall–Kier alpha value is -4.71. The molecule has 0 atom stereocenters. The molecule has 2 heterocycles. The predicted octanol–water partition coefficient (Wildman–Crippen LogP) is 5.41. The Balaban J connectivity index is 1.62. The third-order valence-corrected chi connectivity index (χ3v) is 5.95. The van der Waals surface area contributed by atoms with Crippen molar-refractivity contribution in [3.8, 4) is 11.1 Å². The normalized spacial score (nSPS) is 13.6. The number of anilines is 1. The minimum Gasteiger partial charge on any atom is -0.477 e. The summed E-state index contributed by atoms with van der Waals surface area (Å²) in [5, 5.41) is 12.5. The third kappa shape index (κ3) is 3.61. The summed E-state index contributed by atoms with van der Waals surface area (Å²) in [6.07, 6.45) is 1.55. The maximum atomic E-state index is 13.3. The average Bonchev–Trinajstić information content (AvgIpc) is 3.35. The Kier molecular flexibility index (Phi) is 5.18. The van der Waals surface area contributed by atoms with Crippen molar-refractivity contribution in [1.29, 1.82) is 0 Å². The van der Waals surface area contributed by atoms with E-state index in [4.69, 9.17) is 0 Å². The molecule has 1 aliphatic rings. The van der Waals surface area contributed by atoms with E-state index in [-0.39, 0.29) is 28.6 Å². The molecular weight excluding hydrogens is 428 g/mol. The summed E-state index contributed by atoms with van der Waals surface area (Å²) in [5.74, 6) is -1.80. The van der Waals surface area contributed by atoms with Gasteiger partial charge in [-0.2, -0.15) is 0 Å². The van der Waals surface area contributed by atoms with Crippen LogP contribution in [0.5, 0.6) is 0 Å². The molecule has 6 heteroatoms. The fourth-order valence-corrected chi connectivity index (χ4v) is 4.26. The number of aromatic amines is 1. The highest BCUT2D eigenvalue weighted by atomic mass is 16.4. The van der Waals surface area contributed by atoms with Gasteiger partial charge in [0.05, 0.1) is 16.8 Å². The van der Waals surface area contributed by atoms with Crippen LogP contribution in [0, 0.1) is 6.92 Å². The molecule has 0 fully saturated rings. The number of rotatable bonds is 5. The van der Waals surface area contributed by atoms with Crippen LogP contribution < -0.4 is 5.32 Å². The molecule has 0 saturated carbocycles. The van der Waals surface area contributed by atoms with Gasteiger partial charge in [-0.3, -0.25) is 9.59 Å². The van der Waals surface area contributed by atoms with Crippen LogP contribution in [-0.2, 0) is 4.79 Å². The number of carboxylic acids is 1. The fraction of sp³-hybridized carbons (Fsp3) is 0.0357. The number of aromatic nitrogens is 1. The Morgan fingerprint density at radius 2 is 1.56 bits per heavy atom.